The van der Waals surface area contributed by atoms with Crippen molar-refractivity contribution in [2.75, 3.05) is 4.90 Å². The molecule has 1 amide bonds. The zero-order valence-electron chi connectivity index (χ0n) is 11.0. The van der Waals surface area contributed by atoms with Crippen LogP contribution < -0.4 is 4.90 Å². The van der Waals surface area contributed by atoms with Gasteiger partial charge in [0.15, 0.2) is 0 Å². The van der Waals surface area contributed by atoms with E-state index in [4.69, 9.17) is 23.2 Å². The lowest BCUT2D eigenvalue weighted by Gasteiger charge is -2.25. The number of carbonyl (C=O) groups excluding carboxylic acids is 1. The molecule has 2 aromatic rings. The molecule has 21 heavy (non-hydrogen) atoms. The van der Waals surface area contributed by atoms with Crippen molar-refractivity contribution in [3.8, 4) is 0 Å². The van der Waals surface area contributed by atoms with E-state index in [1.54, 1.807) is 35.2 Å². The minimum Gasteiger partial charge on any atom is -0.383 e. The highest BCUT2D eigenvalue weighted by Gasteiger charge is 2.40. The van der Waals surface area contributed by atoms with E-state index >= 15 is 0 Å². The standard InChI is InChI=1S/C16H13Cl2NO2/c17-10-5-7-11(8-6-10)19-14(9-15(20)16(19)21)12-3-1-2-4-13(12)18/h1-8,14-15,20H,9H2. The average molecular weight is 322 g/mol. The van der Waals surface area contributed by atoms with Crippen molar-refractivity contribution in [1.29, 1.82) is 0 Å². The second-order valence-electron chi connectivity index (χ2n) is 4.97. The molecule has 2 atom stereocenters. The number of aliphatic hydroxyl groups is 1. The van der Waals surface area contributed by atoms with E-state index in [1.165, 1.54) is 0 Å². The van der Waals surface area contributed by atoms with Gasteiger partial charge in [-0.15, -0.1) is 0 Å². The number of nitrogens with zero attached hydrogens (tertiary/aromatic N) is 1. The van der Waals surface area contributed by atoms with Crippen LogP contribution in [0.15, 0.2) is 48.5 Å². The third-order valence-corrected chi connectivity index (χ3v) is 4.25. The summed E-state index contributed by atoms with van der Waals surface area (Å²) < 4.78 is 0. The molecule has 1 N–H and O–H groups in total. The average Bonchev–Trinajstić information content (AvgIpc) is 2.76. The van der Waals surface area contributed by atoms with Gasteiger partial charge in [0, 0.05) is 22.2 Å². The fourth-order valence-corrected chi connectivity index (χ4v) is 3.04. The minimum absolute atomic E-state index is 0.276. The van der Waals surface area contributed by atoms with Crippen LogP contribution >= 0.6 is 23.2 Å². The first-order valence-electron chi connectivity index (χ1n) is 6.59. The quantitative estimate of drug-likeness (QED) is 0.913. The van der Waals surface area contributed by atoms with Crippen molar-refractivity contribution in [3.05, 3.63) is 64.1 Å². The van der Waals surface area contributed by atoms with Gasteiger partial charge >= 0.3 is 0 Å². The number of benzene rings is 2. The molecule has 0 radical (unpaired) electrons. The van der Waals surface area contributed by atoms with E-state index in [0.717, 1.165) is 5.56 Å². The summed E-state index contributed by atoms with van der Waals surface area (Å²) in [5.41, 5.74) is 1.53. The zero-order chi connectivity index (χ0) is 15.0. The van der Waals surface area contributed by atoms with Gasteiger partial charge in [0.25, 0.3) is 5.91 Å². The Morgan fingerprint density at radius 1 is 1.05 bits per heavy atom. The van der Waals surface area contributed by atoms with Gasteiger partial charge in [0.1, 0.15) is 6.10 Å². The fraction of sp³-hybridized carbons (Fsp3) is 0.188. The van der Waals surface area contributed by atoms with Crippen molar-refractivity contribution in [1.82, 2.24) is 0 Å². The van der Waals surface area contributed by atoms with Crippen LogP contribution in [0, 0.1) is 0 Å². The molecule has 0 aromatic heterocycles. The van der Waals surface area contributed by atoms with Gasteiger partial charge in [0.2, 0.25) is 0 Å². The van der Waals surface area contributed by atoms with Crippen LogP contribution in [0.1, 0.15) is 18.0 Å². The Hall–Kier alpha value is -1.55. The molecule has 3 nitrogen and oxygen atoms in total. The molecule has 3 rings (SSSR count). The van der Waals surface area contributed by atoms with Crippen molar-refractivity contribution in [2.45, 2.75) is 18.6 Å². The van der Waals surface area contributed by atoms with Crippen LogP contribution in [0.4, 0.5) is 5.69 Å². The maximum Gasteiger partial charge on any atom is 0.256 e. The zero-order valence-corrected chi connectivity index (χ0v) is 12.6. The SMILES string of the molecule is O=C1C(O)CC(c2ccccc2Cl)N1c1ccc(Cl)cc1. The second kappa shape index (κ2) is 5.68. The normalized spacial score (nSPS) is 21.9. The highest BCUT2D eigenvalue weighted by molar-refractivity contribution is 6.31. The largest absolute Gasteiger partial charge is 0.383 e. The molecule has 1 heterocycles. The molecule has 0 spiro atoms. The molecule has 2 unspecified atom stereocenters. The first kappa shape index (κ1) is 14.4. The number of hydrogen-bond donors (Lipinski definition) is 1. The van der Waals surface area contributed by atoms with Crippen LogP contribution in [-0.4, -0.2) is 17.1 Å². The van der Waals surface area contributed by atoms with Crippen molar-refractivity contribution in [2.24, 2.45) is 0 Å². The van der Waals surface area contributed by atoms with E-state index in [2.05, 4.69) is 0 Å². The van der Waals surface area contributed by atoms with E-state index in [-0.39, 0.29) is 11.9 Å². The third-order valence-electron chi connectivity index (χ3n) is 3.65. The summed E-state index contributed by atoms with van der Waals surface area (Å²) in [6.45, 7) is 0. The molecule has 1 fully saturated rings. The number of hydrogen-bond acceptors (Lipinski definition) is 2. The number of halogens is 2. The van der Waals surface area contributed by atoms with Crippen LogP contribution in [0.25, 0.3) is 0 Å². The fourth-order valence-electron chi connectivity index (χ4n) is 2.65. The molecular formula is C16H13Cl2NO2. The van der Waals surface area contributed by atoms with E-state index < -0.39 is 6.10 Å². The Bertz CT molecular complexity index is 672. The summed E-state index contributed by atoms with van der Waals surface area (Å²) >= 11 is 12.1. The Balaban J connectivity index is 2.05. The maximum absolute atomic E-state index is 12.3. The van der Waals surface area contributed by atoms with E-state index in [0.29, 0.717) is 22.2 Å². The van der Waals surface area contributed by atoms with Gasteiger partial charge in [-0.25, -0.2) is 0 Å². The van der Waals surface area contributed by atoms with Gasteiger partial charge in [0.05, 0.1) is 6.04 Å². The summed E-state index contributed by atoms with van der Waals surface area (Å²) in [5, 5.41) is 11.1. The number of carbonyl (C=O) groups is 1. The molecule has 0 aliphatic carbocycles. The number of aliphatic hydroxyl groups excluding tert-OH is 1. The molecule has 1 aliphatic rings. The maximum atomic E-state index is 12.3. The third kappa shape index (κ3) is 2.64. The Morgan fingerprint density at radius 2 is 1.71 bits per heavy atom. The smallest absolute Gasteiger partial charge is 0.256 e. The predicted octanol–water partition coefficient (Wildman–Crippen LogP) is 3.83. The van der Waals surface area contributed by atoms with Crippen molar-refractivity contribution >= 4 is 34.8 Å². The molecule has 5 heteroatoms. The minimum atomic E-state index is -1.01. The van der Waals surface area contributed by atoms with E-state index in [9.17, 15) is 9.90 Å². The van der Waals surface area contributed by atoms with Crippen LogP contribution in [0.2, 0.25) is 10.0 Å². The lowest BCUT2D eigenvalue weighted by atomic mass is 10.0. The summed E-state index contributed by atoms with van der Waals surface area (Å²) in [5.74, 6) is -0.317. The van der Waals surface area contributed by atoms with Gasteiger partial charge in [-0.1, -0.05) is 41.4 Å². The lowest BCUT2D eigenvalue weighted by molar-refractivity contribution is -0.124. The number of anilines is 1. The highest BCUT2D eigenvalue weighted by Crippen LogP contribution is 2.39. The Morgan fingerprint density at radius 3 is 2.38 bits per heavy atom. The number of rotatable bonds is 2. The van der Waals surface area contributed by atoms with Crippen molar-refractivity contribution in [3.63, 3.8) is 0 Å². The molecule has 0 saturated carbocycles. The topological polar surface area (TPSA) is 40.5 Å². The van der Waals surface area contributed by atoms with Crippen molar-refractivity contribution < 1.29 is 9.90 Å². The van der Waals surface area contributed by atoms with Gasteiger partial charge in [-0.3, -0.25) is 4.79 Å². The molecule has 1 aliphatic heterocycles. The monoisotopic (exact) mass is 321 g/mol. The predicted molar refractivity (Wildman–Crippen MR) is 83.8 cm³/mol. The molecule has 2 aromatic carbocycles. The second-order valence-corrected chi connectivity index (χ2v) is 5.82. The first-order chi connectivity index (χ1) is 10.1. The highest BCUT2D eigenvalue weighted by atomic mass is 35.5. The van der Waals surface area contributed by atoms with Crippen LogP contribution in [0.3, 0.4) is 0 Å². The summed E-state index contributed by atoms with van der Waals surface area (Å²) in [6, 6.07) is 14.1. The molecular weight excluding hydrogens is 309 g/mol. The summed E-state index contributed by atoms with van der Waals surface area (Å²) in [6.07, 6.45) is -0.687. The molecule has 1 saturated heterocycles. The van der Waals surface area contributed by atoms with E-state index in [1.807, 2.05) is 18.2 Å². The van der Waals surface area contributed by atoms with Crippen LogP contribution in [0.5, 0.6) is 0 Å². The lowest BCUT2D eigenvalue weighted by Crippen LogP contribution is -2.30. The summed E-state index contributed by atoms with van der Waals surface area (Å²) in [7, 11) is 0. The molecule has 0 bridgehead atoms. The first-order valence-corrected chi connectivity index (χ1v) is 7.34. The van der Waals surface area contributed by atoms with Gasteiger partial charge in [-0.2, -0.15) is 0 Å². The Kier molecular flexibility index (Phi) is 3.89. The van der Waals surface area contributed by atoms with Crippen LogP contribution in [-0.2, 0) is 4.79 Å². The summed E-state index contributed by atoms with van der Waals surface area (Å²) in [4.78, 5) is 13.9. The number of amides is 1. The Labute approximate surface area is 132 Å². The molecule has 108 valence electrons. The van der Waals surface area contributed by atoms with Gasteiger partial charge < -0.3 is 10.0 Å². The van der Waals surface area contributed by atoms with Gasteiger partial charge in [-0.05, 0) is 35.9 Å².